The van der Waals surface area contributed by atoms with Crippen molar-refractivity contribution in [3.8, 4) is 0 Å². The van der Waals surface area contributed by atoms with E-state index in [4.69, 9.17) is 5.73 Å². The molecule has 2 aliphatic rings. The molecule has 2 rings (SSSR count). The van der Waals surface area contributed by atoms with Gasteiger partial charge in [-0.25, -0.2) is 0 Å². The molecule has 0 aliphatic heterocycles. The predicted molar refractivity (Wildman–Crippen MR) is 83.3 cm³/mol. The molecule has 0 bridgehead atoms. The fraction of sp³-hybridized carbons (Fsp3) is 1.00. The van der Waals surface area contributed by atoms with Gasteiger partial charge in [0.25, 0.3) is 0 Å². The topological polar surface area (TPSA) is 38.0 Å². The lowest BCUT2D eigenvalue weighted by Gasteiger charge is -2.37. The van der Waals surface area contributed by atoms with E-state index < -0.39 is 0 Å². The van der Waals surface area contributed by atoms with Crippen LogP contribution in [0.5, 0.6) is 0 Å². The smallest absolute Gasteiger partial charge is 0.000516 e. The molecule has 0 saturated heterocycles. The summed E-state index contributed by atoms with van der Waals surface area (Å²) in [6.07, 6.45) is 15.4. The minimum Gasteiger partial charge on any atom is -0.330 e. The molecule has 2 saturated carbocycles. The molecule has 0 amide bonds. The lowest BCUT2D eigenvalue weighted by molar-refractivity contribution is 0.169. The van der Waals surface area contributed by atoms with Crippen molar-refractivity contribution in [1.82, 2.24) is 5.32 Å². The molecule has 3 N–H and O–H groups in total. The molecule has 0 spiro atoms. The lowest BCUT2D eigenvalue weighted by atomic mass is 9.71. The molecule has 2 heteroatoms. The van der Waals surface area contributed by atoms with Gasteiger partial charge in [-0.3, -0.25) is 0 Å². The largest absolute Gasteiger partial charge is 0.330 e. The van der Waals surface area contributed by atoms with Gasteiger partial charge in [-0.15, -0.1) is 0 Å². The minimum absolute atomic E-state index is 0.471. The Kier molecular flexibility index (Phi) is 5.70. The van der Waals surface area contributed by atoms with Crippen LogP contribution in [0.15, 0.2) is 0 Å². The van der Waals surface area contributed by atoms with Gasteiger partial charge in [0.15, 0.2) is 0 Å². The maximum absolute atomic E-state index is 6.06. The second-order valence-corrected chi connectivity index (χ2v) is 7.56. The molecule has 0 atom stereocenters. The van der Waals surface area contributed by atoms with Crippen LogP contribution >= 0.6 is 0 Å². The van der Waals surface area contributed by atoms with Crippen molar-refractivity contribution < 1.29 is 0 Å². The molecule has 112 valence electrons. The molecule has 0 aromatic carbocycles. The number of hydrogen-bond acceptors (Lipinski definition) is 2. The summed E-state index contributed by atoms with van der Waals surface area (Å²) in [5, 5.41) is 3.75. The summed E-state index contributed by atoms with van der Waals surface area (Å²) in [5.41, 5.74) is 7.10. The standard InChI is InChI=1S/C17H34N2/c1-16(8-4-2-5-9-16)15-19-13-12-17(14-18)10-6-3-7-11-17/h19H,2-15,18H2,1H3. The first kappa shape index (κ1) is 15.3. The van der Waals surface area contributed by atoms with Crippen molar-refractivity contribution in [2.75, 3.05) is 19.6 Å². The Morgan fingerprint density at radius 2 is 1.47 bits per heavy atom. The first-order chi connectivity index (χ1) is 9.18. The van der Waals surface area contributed by atoms with E-state index in [-0.39, 0.29) is 0 Å². The molecular formula is C17H34N2. The Morgan fingerprint density at radius 3 is 2.05 bits per heavy atom. The van der Waals surface area contributed by atoms with Crippen molar-refractivity contribution in [3.63, 3.8) is 0 Å². The molecule has 2 nitrogen and oxygen atoms in total. The van der Waals surface area contributed by atoms with E-state index in [0.29, 0.717) is 10.8 Å². The summed E-state index contributed by atoms with van der Waals surface area (Å²) in [6.45, 7) is 5.75. The van der Waals surface area contributed by atoms with E-state index in [2.05, 4.69) is 12.2 Å². The fourth-order valence-corrected chi connectivity index (χ4v) is 4.18. The highest BCUT2D eigenvalue weighted by molar-refractivity contribution is 4.85. The van der Waals surface area contributed by atoms with Crippen LogP contribution in [0.1, 0.15) is 77.6 Å². The molecule has 0 aromatic heterocycles. The molecule has 0 unspecified atom stereocenters. The van der Waals surface area contributed by atoms with Crippen LogP contribution in [0.2, 0.25) is 0 Å². The predicted octanol–water partition coefficient (Wildman–Crippen LogP) is 3.85. The van der Waals surface area contributed by atoms with Crippen LogP contribution in [0, 0.1) is 10.8 Å². The van der Waals surface area contributed by atoms with Crippen LogP contribution in [0.4, 0.5) is 0 Å². The van der Waals surface area contributed by atoms with E-state index in [9.17, 15) is 0 Å². The minimum atomic E-state index is 0.471. The Balaban J connectivity index is 1.67. The maximum Gasteiger partial charge on any atom is 0.000516 e. The zero-order chi connectivity index (χ0) is 13.6. The molecule has 2 fully saturated rings. The normalized spacial score (nSPS) is 26.2. The van der Waals surface area contributed by atoms with Crippen molar-refractivity contribution in [1.29, 1.82) is 0 Å². The number of rotatable bonds is 6. The summed E-state index contributed by atoms with van der Waals surface area (Å²) >= 11 is 0. The third kappa shape index (κ3) is 4.46. The summed E-state index contributed by atoms with van der Waals surface area (Å²) in [6, 6.07) is 0. The lowest BCUT2D eigenvalue weighted by Crippen LogP contribution is -2.39. The first-order valence-corrected chi connectivity index (χ1v) is 8.59. The van der Waals surface area contributed by atoms with Crippen LogP contribution in [-0.4, -0.2) is 19.6 Å². The number of hydrogen-bond donors (Lipinski definition) is 2. The van der Waals surface area contributed by atoms with Crippen LogP contribution in [0.3, 0.4) is 0 Å². The van der Waals surface area contributed by atoms with Crippen LogP contribution in [-0.2, 0) is 0 Å². The number of nitrogens with two attached hydrogens (primary N) is 1. The van der Waals surface area contributed by atoms with E-state index in [0.717, 1.165) is 6.54 Å². The Hall–Kier alpha value is -0.0800. The average Bonchev–Trinajstić information content (AvgIpc) is 2.46. The van der Waals surface area contributed by atoms with Gasteiger partial charge in [-0.2, -0.15) is 0 Å². The van der Waals surface area contributed by atoms with Gasteiger partial charge in [-0.05, 0) is 56.0 Å². The maximum atomic E-state index is 6.06. The van der Waals surface area contributed by atoms with Crippen molar-refractivity contribution >= 4 is 0 Å². The summed E-state index contributed by atoms with van der Waals surface area (Å²) in [7, 11) is 0. The highest BCUT2D eigenvalue weighted by atomic mass is 14.9. The fourth-order valence-electron chi connectivity index (χ4n) is 4.18. The Labute approximate surface area is 119 Å². The first-order valence-electron chi connectivity index (χ1n) is 8.59. The molecule has 0 aromatic rings. The molecule has 19 heavy (non-hydrogen) atoms. The second kappa shape index (κ2) is 7.08. The zero-order valence-electron chi connectivity index (χ0n) is 13.0. The van der Waals surface area contributed by atoms with Crippen LogP contribution < -0.4 is 11.1 Å². The van der Waals surface area contributed by atoms with Gasteiger partial charge >= 0.3 is 0 Å². The van der Waals surface area contributed by atoms with Gasteiger partial charge in [0, 0.05) is 6.54 Å². The van der Waals surface area contributed by atoms with Gasteiger partial charge in [0.2, 0.25) is 0 Å². The molecule has 0 heterocycles. The summed E-state index contributed by atoms with van der Waals surface area (Å²) < 4.78 is 0. The Morgan fingerprint density at radius 1 is 0.895 bits per heavy atom. The van der Waals surface area contributed by atoms with Gasteiger partial charge in [0.05, 0.1) is 0 Å². The summed E-state index contributed by atoms with van der Waals surface area (Å²) in [5.74, 6) is 0. The third-order valence-corrected chi connectivity index (χ3v) is 5.79. The Bertz CT molecular complexity index is 250. The van der Waals surface area contributed by atoms with E-state index >= 15 is 0 Å². The van der Waals surface area contributed by atoms with E-state index in [1.54, 1.807) is 0 Å². The number of nitrogens with one attached hydrogen (secondary N) is 1. The van der Waals surface area contributed by atoms with Gasteiger partial charge in [0.1, 0.15) is 0 Å². The molecular weight excluding hydrogens is 232 g/mol. The average molecular weight is 266 g/mol. The SMILES string of the molecule is CC1(CNCCC2(CN)CCCCC2)CCCCC1. The monoisotopic (exact) mass is 266 g/mol. The second-order valence-electron chi connectivity index (χ2n) is 7.56. The van der Waals surface area contributed by atoms with Crippen molar-refractivity contribution in [2.24, 2.45) is 16.6 Å². The third-order valence-electron chi connectivity index (χ3n) is 5.79. The molecule has 0 radical (unpaired) electrons. The van der Waals surface area contributed by atoms with Crippen molar-refractivity contribution in [2.45, 2.75) is 77.6 Å². The van der Waals surface area contributed by atoms with E-state index in [1.807, 2.05) is 0 Å². The van der Waals surface area contributed by atoms with Crippen molar-refractivity contribution in [3.05, 3.63) is 0 Å². The highest BCUT2D eigenvalue weighted by Crippen LogP contribution is 2.38. The van der Waals surface area contributed by atoms with E-state index in [1.165, 1.54) is 83.7 Å². The molecule has 2 aliphatic carbocycles. The van der Waals surface area contributed by atoms with Gasteiger partial charge < -0.3 is 11.1 Å². The summed E-state index contributed by atoms with van der Waals surface area (Å²) in [4.78, 5) is 0. The van der Waals surface area contributed by atoms with Crippen LogP contribution in [0.25, 0.3) is 0 Å². The highest BCUT2D eigenvalue weighted by Gasteiger charge is 2.30. The van der Waals surface area contributed by atoms with Gasteiger partial charge in [-0.1, -0.05) is 45.4 Å². The quantitative estimate of drug-likeness (QED) is 0.717. The zero-order valence-corrected chi connectivity index (χ0v) is 13.0.